The zero-order chi connectivity index (χ0) is 18.8. The first-order valence-electron chi connectivity index (χ1n) is 11.5. The molecule has 3 aliphatic rings. The van der Waals surface area contributed by atoms with E-state index < -0.39 is 0 Å². The van der Waals surface area contributed by atoms with Gasteiger partial charge in [0, 0.05) is 37.8 Å². The van der Waals surface area contributed by atoms with Crippen molar-refractivity contribution in [2.45, 2.75) is 70.6 Å². The highest BCUT2D eigenvalue weighted by Crippen LogP contribution is 2.38. The average molecular weight is 380 g/mol. The summed E-state index contributed by atoms with van der Waals surface area (Å²) in [5, 5.41) is 8.43. The largest absolute Gasteiger partial charge is 0.368 e. The lowest BCUT2D eigenvalue weighted by molar-refractivity contribution is 0.554. The standard InChI is InChI=1S/C23H33N5/c1-2-7-13-26(14-8-3-1)23-21(19-11-5-4-6-12-19)24-17-20-18-25-28(22(20)23)27-15-9-10-16-27/h11,17-18H,1-10,12-16H2. The normalized spacial score (nSPS) is 21.6. The van der Waals surface area contributed by atoms with Gasteiger partial charge in [0.15, 0.2) is 0 Å². The Bertz CT molecular complexity index is 838. The van der Waals surface area contributed by atoms with Crippen molar-refractivity contribution in [2.75, 3.05) is 36.1 Å². The fourth-order valence-corrected chi connectivity index (χ4v) is 5.15. The van der Waals surface area contributed by atoms with Gasteiger partial charge in [-0.1, -0.05) is 25.3 Å². The molecular formula is C23H33N5. The zero-order valence-corrected chi connectivity index (χ0v) is 17.1. The minimum atomic E-state index is 1.11. The van der Waals surface area contributed by atoms with Gasteiger partial charge in [-0.3, -0.25) is 9.99 Å². The van der Waals surface area contributed by atoms with Crippen LogP contribution in [0.3, 0.4) is 0 Å². The Balaban J connectivity index is 1.67. The molecule has 5 rings (SSSR count). The Kier molecular flexibility index (Phi) is 5.24. The summed E-state index contributed by atoms with van der Waals surface area (Å²) >= 11 is 0. The van der Waals surface area contributed by atoms with E-state index in [4.69, 9.17) is 10.1 Å². The lowest BCUT2D eigenvalue weighted by atomic mass is 9.95. The van der Waals surface area contributed by atoms with Crippen LogP contribution in [-0.2, 0) is 0 Å². The van der Waals surface area contributed by atoms with Crippen molar-refractivity contribution in [3.8, 4) is 0 Å². The number of anilines is 1. The van der Waals surface area contributed by atoms with Crippen molar-refractivity contribution in [3.05, 3.63) is 24.2 Å². The molecule has 0 spiro atoms. The quantitative estimate of drug-likeness (QED) is 0.761. The lowest BCUT2D eigenvalue weighted by Crippen LogP contribution is -2.34. The number of allylic oxidation sites excluding steroid dienone is 2. The smallest absolute Gasteiger partial charge is 0.119 e. The van der Waals surface area contributed by atoms with Crippen LogP contribution in [-0.4, -0.2) is 41.1 Å². The van der Waals surface area contributed by atoms with E-state index in [2.05, 4.69) is 27.0 Å². The number of hydrogen-bond acceptors (Lipinski definition) is 4. The van der Waals surface area contributed by atoms with Crippen LogP contribution in [0.5, 0.6) is 0 Å². The highest BCUT2D eigenvalue weighted by molar-refractivity contribution is 5.96. The first-order chi connectivity index (χ1) is 13.9. The van der Waals surface area contributed by atoms with E-state index >= 15 is 0 Å². The van der Waals surface area contributed by atoms with Crippen molar-refractivity contribution in [3.63, 3.8) is 0 Å². The van der Waals surface area contributed by atoms with Crippen molar-refractivity contribution >= 4 is 22.2 Å². The first-order valence-corrected chi connectivity index (χ1v) is 11.5. The molecule has 2 aromatic heterocycles. The van der Waals surface area contributed by atoms with Crippen molar-refractivity contribution in [1.82, 2.24) is 14.9 Å². The maximum Gasteiger partial charge on any atom is 0.119 e. The molecule has 4 heterocycles. The summed E-state index contributed by atoms with van der Waals surface area (Å²) in [7, 11) is 0. The Hall–Kier alpha value is -2.04. The SMILES string of the molecule is C1=C(c2ncc3cnn(N4CCCC4)c3c2N2CCCCCCC2)CCCC1. The van der Waals surface area contributed by atoms with Crippen LogP contribution in [0.4, 0.5) is 5.69 Å². The monoisotopic (exact) mass is 379 g/mol. The van der Waals surface area contributed by atoms with Gasteiger partial charge in [0.05, 0.1) is 17.6 Å². The fraction of sp³-hybridized carbons (Fsp3) is 0.652. The van der Waals surface area contributed by atoms with E-state index in [0.29, 0.717) is 0 Å². The molecule has 2 aromatic rings. The molecule has 0 amide bonds. The molecule has 0 aromatic carbocycles. The maximum atomic E-state index is 5.02. The van der Waals surface area contributed by atoms with Gasteiger partial charge in [-0.25, -0.2) is 0 Å². The highest BCUT2D eigenvalue weighted by atomic mass is 15.7. The summed E-state index contributed by atoms with van der Waals surface area (Å²) < 4.78 is 0. The topological polar surface area (TPSA) is 37.2 Å². The summed E-state index contributed by atoms with van der Waals surface area (Å²) in [6, 6.07) is 0. The molecule has 28 heavy (non-hydrogen) atoms. The van der Waals surface area contributed by atoms with Crippen LogP contribution >= 0.6 is 0 Å². The number of pyridine rings is 1. The van der Waals surface area contributed by atoms with E-state index in [0.717, 1.165) is 32.6 Å². The van der Waals surface area contributed by atoms with Crippen LogP contribution in [0, 0.1) is 0 Å². The van der Waals surface area contributed by atoms with Gasteiger partial charge in [-0.05, 0) is 56.9 Å². The molecule has 1 aliphatic carbocycles. The van der Waals surface area contributed by atoms with Crippen LogP contribution in [0.1, 0.15) is 76.3 Å². The third kappa shape index (κ3) is 3.40. The first kappa shape index (κ1) is 18.0. The van der Waals surface area contributed by atoms with Gasteiger partial charge in [0.2, 0.25) is 0 Å². The zero-order valence-electron chi connectivity index (χ0n) is 17.1. The van der Waals surface area contributed by atoms with E-state index in [1.165, 1.54) is 92.1 Å². The second kappa shape index (κ2) is 8.14. The summed E-state index contributed by atoms with van der Waals surface area (Å²) in [5.74, 6) is 0. The minimum Gasteiger partial charge on any atom is -0.368 e. The molecule has 0 unspecified atom stereocenters. The second-order valence-corrected chi connectivity index (χ2v) is 8.68. The molecule has 0 radical (unpaired) electrons. The van der Waals surface area contributed by atoms with Crippen LogP contribution < -0.4 is 9.91 Å². The van der Waals surface area contributed by atoms with Gasteiger partial charge in [0.1, 0.15) is 5.52 Å². The number of aromatic nitrogens is 3. The van der Waals surface area contributed by atoms with Crippen LogP contribution in [0.25, 0.3) is 16.5 Å². The van der Waals surface area contributed by atoms with Crippen molar-refractivity contribution < 1.29 is 0 Å². The average Bonchev–Trinajstić information content (AvgIpc) is 3.37. The Morgan fingerprint density at radius 1 is 0.750 bits per heavy atom. The number of fused-ring (bicyclic) bond motifs is 1. The third-order valence-corrected chi connectivity index (χ3v) is 6.68. The molecule has 0 saturated carbocycles. The van der Waals surface area contributed by atoms with Crippen LogP contribution in [0.2, 0.25) is 0 Å². The van der Waals surface area contributed by atoms with Crippen LogP contribution in [0.15, 0.2) is 18.5 Å². The van der Waals surface area contributed by atoms with Gasteiger partial charge in [-0.2, -0.15) is 9.89 Å². The molecule has 2 fully saturated rings. The molecule has 5 heteroatoms. The molecule has 2 saturated heterocycles. The predicted molar refractivity (Wildman–Crippen MR) is 116 cm³/mol. The molecule has 0 N–H and O–H groups in total. The predicted octanol–water partition coefficient (Wildman–Crippen LogP) is 4.89. The van der Waals surface area contributed by atoms with Gasteiger partial charge in [0.25, 0.3) is 0 Å². The van der Waals surface area contributed by atoms with E-state index in [1.807, 2.05) is 6.20 Å². The summed E-state index contributed by atoms with van der Waals surface area (Å²) in [6.45, 7) is 4.51. The summed E-state index contributed by atoms with van der Waals surface area (Å²) in [5.41, 5.74) is 5.34. The number of hydrogen-bond donors (Lipinski definition) is 0. The molecule has 150 valence electrons. The number of rotatable bonds is 3. The number of nitrogens with zero attached hydrogens (tertiary/aromatic N) is 5. The Labute approximate surface area is 168 Å². The van der Waals surface area contributed by atoms with Crippen molar-refractivity contribution in [2.24, 2.45) is 0 Å². The Morgan fingerprint density at radius 2 is 1.50 bits per heavy atom. The Morgan fingerprint density at radius 3 is 2.25 bits per heavy atom. The molecule has 0 atom stereocenters. The lowest BCUT2D eigenvalue weighted by Gasteiger charge is -2.31. The molecular weight excluding hydrogens is 346 g/mol. The van der Waals surface area contributed by atoms with Gasteiger partial charge >= 0.3 is 0 Å². The minimum absolute atomic E-state index is 1.11. The molecule has 5 nitrogen and oxygen atoms in total. The third-order valence-electron chi connectivity index (χ3n) is 6.68. The van der Waals surface area contributed by atoms with E-state index in [1.54, 1.807) is 0 Å². The van der Waals surface area contributed by atoms with E-state index in [-0.39, 0.29) is 0 Å². The van der Waals surface area contributed by atoms with E-state index in [9.17, 15) is 0 Å². The maximum absolute atomic E-state index is 5.02. The second-order valence-electron chi connectivity index (χ2n) is 8.68. The highest BCUT2D eigenvalue weighted by Gasteiger charge is 2.25. The van der Waals surface area contributed by atoms with Gasteiger partial charge < -0.3 is 4.90 Å². The molecule has 2 aliphatic heterocycles. The van der Waals surface area contributed by atoms with Gasteiger partial charge in [-0.15, -0.1) is 0 Å². The summed E-state index contributed by atoms with van der Waals surface area (Å²) in [6.07, 6.45) is 20.7. The summed E-state index contributed by atoms with van der Waals surface area (Å²) in [4.78, 5) is 9.88. The van der Waals surface area contributed by atoms with Crippen molar-refractivity contribution in [1.29, 1.82) is 0 Å². The fourth-order valence-electron chi connectivity index (χ4n) is 5.15. The molecule has 0 bridgehead atoms.